The topological polar surface area (TPSA) is 95.9 Å². The number of fused-ring (bicyclic) bond motifs is 1. The van der Waals surface area contributed by atoms with Crippen LogP contribution in [-0.4, -0.2) is 15.9 Å². The van der Waals surface area contributed by atoms with E-state index in [1.165, 1.54) is 17.3 Å². The molecule has 2 aromatic rings. The molecule has 1 aliphatic heterocycles. The first-order valence-electron chi connectivity index (χ1n) is 6.12. The van der Waals surface area contributed by atoms with Gasteiger partial charge in [0.05, 0.1) is 5.69 Å². The lowest BCUT2D eigenvalue weighted by molar-refractivity contribution is -0.118. The minimum absolute atomic E-state index is 0.0511. The Morgan fingerprint density at radius 3 is 2.90 bits per heavy atom. The molecule has 0 atom stereocenters. The van der Waals surface area contributed by atoms with Crippen LogP contribution in [0.2, 0.25) is 0 Å². The van der Waals surface area contributed by atoms with Crippen LogP contribution in [0.4, 0.5) is 17.2 Å². The van der Waals surface area contributed by atoms with Gasteiger partial charge in [-0.15, -0.1) is 0 Å². The molecule has 0 aliphatic carbocycles. The van der Waals surface area contributed by atoms with E-state index < -0.39 is 0 Å². The maximum absolute atomic E-state index is 12.2. The van der Waals surface area contributed by atoms with Gasteiger partial charge in [-0.05, 0) is 30.2 Å². The lowest BCUT2D eigenvalue weighted by Crippen LogP contribution is -2.31. The van der Waals surface area contributed by atoms with Crippen molar-refractivity contribution in [1.82, 2.24) is 9.97 Å². The van der Waals surface area contributed by atoms with Gasteiger partial charge in [0, 0.05) is 18.2 Å². The van der Waals surface area contributed by atoms with Gasteiger partial charge in [0.25, 0.3) is 0 Å². The summed E-state index contributed by atoms with van der Waals surface area (Å²) in [6, 6.07) is 8.86. The van der Waals surface area contributed by atoms with Crippen molar-refractivity contribution in [2.24, 2.45) is 0 Å². The predicted octanol–water partition coefficient (Wildman–Crippen LogP) is 1.54. The molecule has 0 bridgehead atoms. The summed E-state index contributed by atoms with van der Waals surface area (Å²) in [5.74, 6) is 0.358. The maximum atomic E-state index is 12.2. The Balaban J connectivity index is 2.13. The number of hydrogen-bond acceptors (Lipinski definition) is 5. The van der Waals surface area contributed by atoms with Crippen LogP contribution in [0.25, 0.3) is 0 Å². The summed E-state index contributed by atoms with van der Waals surface area (Å²) >= 11 is 0. The number of hydrogen-bond donors (Lipinski definition) is 1. The van der Waals surface area contributed by atoms with Gasteiger partial charge in [0.15, 0.2) is 0 Å². The number of aryl methyl sites for hydroxylation is 1. The normalized spacial score (nSPS) is 13.8. The van der Waals surface area contributed by atoms with Crippen LogP contribution in [0, 0.1) is 11.3 Å². The monoisotopic (exact) mass is 265 g/mol. The number of nitrogens with zero attached hydrogens (tertiary/aromatic N) is 4. The fourth-order valence-electron chi connectivity index (χ4n) is 2.29. The average molecular weight is 265 g/mol. The Bertz CT molecular complexity index is 735. The lowest BCUT2D eigenvalue weighted by atomic mass is 10.0. The molecule has 3 rings (SSSR count). The minimum atomic E-state index is -0.0511. The van der Waals surface area contributed by atoms with Crippen molar-refractivity contribution in [2.75, 3.05) is 10.6 Å². The number of amides is 1. The van der Waals surface area contributed by atoms with Gasteiger partial charge >= 0.3 is 0 Å². The molecular formula is C14H11N5O. The van der Waals surface area contributed by atoms with E-state index in [-0.39, 0.29) is 11.6 Å². The molecule has 1 amide bonds. The van der Waals surface area contributed by atoms with Crippen LogP contribution in [0.5, 0.6) is 0 Å². The zero-order valence-corrected chi connectivity index (χ0v) is 10.6. The van der Waals surface area contributed by atoms with E-state index in [0.29, 0.717) is 24.3 Å². The van der Waals surface area contributed by atoms with Gasteiger partial charge in [-0.2, -0.15) is 5.26 Å². The largest absolute Gasteiger partial charge is 0.399 e. The van der Waals surface area contributed by atoms with Crippen LogP contribution >= 0.6 is 0 Å². The van der Waals surface area contributed by atoms with Gasteiger partial charge in [-0.1, -0.05) is 0 Å². The Morgan fingerprint density at radius 1 is 1.25 bits per heavy atom. The Kier molecular flexibility index (Phi) is 2.80. The molecular weight excluding hydrogens is 254 g/mol. The summed E-state index contributed by atoms with van der Waals surface area (Å²) in [4.78, 5) is 21.6. The molecule has 0 fully saturated rings. The van der Waals surface area contributed by atoms with Gasteiger partial charge in [0.2, 0.25) is 5.91 Å². The molecule has 98 valence electrons. The second-order valence-corrected chi connectivity index (χ2v) is 4.49. The van der Waals surface area contributed by atoms with Crippen LogP contribution in [-0.2, 0) is 11.2 Å². The van der Waals surface area contributed by atoms with Crippen molar-refractivity contribution in [3.05, 3.63) is 41.9 Å². The second kappa shape index (κ2) is 4.63. The Morgan fingerprint density at radius 2 is 2.10 bits per heavy atom. The summed E-state index contributed by atoms with van der Waals surface area (Å²) < 4.78 is 0. The summed E-state index contributed by atoms with van der Waals surface area (Å²) in [5.41, 5.74) is 8.43. The predicted molar refractivity (Wildman–Crippen MR) is 73.1 cm³/mol. The number of benzene rings is 1. The molecule has 1 aromatic heterocycles. The van der Waals surface area contributed by atoms with Crippen LogP contribution < -0.4 is 10.6 Å². The molecule has 2 heterocycles. The summed E-state index contributed by atoms with van der Waals surface area (Å²) in [6.45, 7) is 0. The molecule has 0 spiro atoms. The standard InChI is InChI=1S/C14H11N5O/c15-7-11-6-13(18-8-17-11)19-12-3-2-10(16)5-9(12)1-4-14(19)20/h2-3,5-6,8H,1,4,16H2. The highest BCUT2D eigenvalue weighted by Gasteiger charge is 2.26. The third-order valence-corrected chi connectivity index (χ3v) is 3.20. The number of rotatable bonds is 1. The molecule has 2 N–H and O–H groups in total. The van der Waals surface area contributed by atoms with E-state index in [4.69, 9.17) is 11.0 Å². The fourth-order valence-corrected chi connectivity index (χ4v) is 2.29. The number of nitrogens with two attached hydrogens (primary N) is 1. The van der Waals surface area contributed by atoms with Gasteiger partial charge in [0.1, 0.15) is 23.9 Å². The van der Waals surface area contributed by atoms with Crippen LogP contribution in [0.1, 0.15) is 17.7 Å². The fraction of sp³-hybridized carbons (Fsp3) is 0.143. The molecule has 0 saturated heterocycles. The summed E-state index contributed by atoms with van der Waals surface area (Å²) in [5, 5.41) is 8.90. The van der Waals surface area contributed by atoms with Crippen molar-refractivity contribution in [3.8, 4) is 6.07 Å². The van der Waals surface area contributed by atoms with Crippen molar-refractivity contribution in [1.29, 1.82) is 5.26 Å². The number of carbonyl (C=O) groups excluding carboxylic acids is 1. The van der Waals surface area contributed by atoms with Crippen molar-refractivity contribution < 1.29 is 4.79 Å². The summed E-state index contributed by atoms with van der Waals surface area (Å²) in [6.07, 6.45) is 2.33. The molecule has 1 aliphatic rings. The quantitative estimate of drug-likeness (QED) is 0.789. The van der Waals surface area contributed by atoms with Crippen molar-refractivity contribution in [2.45, 2.75) is 12.8 Å². The third kappa shape index (κ3) is 1.95. The zero-order valence-electron chi connectivity index (χ0n) is 10.6. The highest BCUT2D eigenvalue weighted by molar-refractivity contribution is 6.02. The van der Waals surface area contributed by atoms with E-state index in [1.807, 2.05) is 12.1 Å². The van der Waals surface area contributed by atoms with Crippen LogP contribution in [0.3, 0.4) is 0 Å². The SMILES string of the molecule is N#Cc1cc(N2C(=O)CCc3cc(N)ccc32)ncn1. The smallest absolute Gasteiger partial charge is 0.233 e. The van der Waals surface area contributed by atoms with E-state index in [0.717, 1.165) is 11.3 Å². The Hall–Kier alpha value is -2.94. The highest BCUT2D eigenvalue weighted by Crippen LogP contribution is 2.34. The molecule has 1 aromatic carbocycles. The first kappa shape index (κ1) is 12.1. The van der Waals surface area contributed by atoms with E-state index in [1.54, 1.807) is 12.1 Å². The minimum Gasteiger partial charge on any atom is -0.399 e. The maximum Gasteiger partial charge on any atom is 0.233 e. The number of nitrogen functional groups attached to an aromatic ring is 1. The second-order valence-electron chi connectivity index (χ2n) is 4.49. The van der Waals surface area contributed by atoms with E-state index in [9.17, 15) is 4.79 Å². The van der Waals surface area contributed by atoms with Crippen LogP contribution in [0.15, 0.2) is 30.6 Å². The number of carbonyl (C=O) groups is 1. The summed E-state index contributed by atoms with van der Waals surface area (Å²) in [7, 11) is 0. The zero-order chi connectivity index (χ0) is 14.1. The molecule has 0 saturated carbocycles. The average Bonchev–Trinajstić information content (AvgIpc) is 2.47. The third-order valence-electron chi connectivity index (χ3n) is 3.20. The first-order valence-corrected chi connectivity index (χ1v) is 6.12. The number of anilines is 3. The molecule has 0 unspecified atom stereocenters. The van der Waals surface area contributed by atoms with E-state index in [2.05, 4.69) is 9.97 Å². The molecule has 20 heavy (non-hydrogen) atoms. The van der Waals surface area contributed by atoms with Gasteiger partial charge < -0.3 is 5.73 Å². The lowest BCUT2D eigenvalue weighted by Gasteiger charge is -2.28. The van der Waals surface area contributed by atoms with Gasteiger partial charge in [-0.25, -0.2) is 9.97 Å². The van der Waals surface area contributed by atoms with Gasteiger partial charge in [-0.3, -0.25) is 9.69 Å². The van der Waals surface area contributed by atoms with E-state index >= 15 is 0 Å². The highest BCUT2D eigenvalue weighted by atomic mass is 16.2. The first-order chi connectivity index (χ1) is 9.69. The molecule has 6 heteroatoms. The molecule has 6 nitrogen and oxygen atoms in total. The van der Waals surface area contributed by atoms with Crippen molar-refractivity contribution >= 4 is 23.1 Å². The van der Waals surface area contributed by atoms with Crippen molar-refractivity contribution in [3.63, 3.8) is 0 Å². The number of nitriles is 1. The molecule has 0 radical (unpaired) electrons. The number of aromatic nitrogens is 2. The Labute approximate surface area is 115 Å².